The van der Waals surface area contributed by atoms with Crippen molar-refractivity contribution in [3.63, 3.8) is 0 Å². The zero-order valence-corrected chi connectivity index (χ0v) is 9.50. The Bertz CT molecular complexity index is 230. The lowest BCUT2D eigenvalue weighted by molar-refractivity contribution is -0.132. The molecular formula is C12H21NO2. The molecule has 0 radical (unpaired) electrons. The van der Waals surface area contributed by atoms with Crippen molar-refractivity contribution in [2.24, 2.45) is 11.8 Å². The van der Waals surface area contributed by atoms with Gasteiger partial charge in [-0.25, -0.2) is 0 Å². The van der Waals surface area contributed by atoms with E-state index in [1.807, 2.05) is 0 Å². The Hall–Kier alpha value is -0.410. The molecular weight excluding hydrogens is 190 g/mol. The molecule has 2 saturated heterocycles. The first-order chi connectivity index (χ1) is 7.31. The summed E-state index contributed by atoms with van der Waals surface area (Å²) in [6.07, 6.45) is 4.25. The van der Waals surface area contributed by atoms with Gasteiger partial charge in [0.1, 0.15) is 5.78 Å². The summed E-state index contributed by atoms with van der Waals surface area (Å²) < 4.78 is 5.41. The summed E-state index contributed by atoms with van der Waals surface area (Å²) in [5.74, 6) is 1.31. The van der Waals surface area contributed by atoms with Crippen LogP contribution in [0.3, 0.4) is 0 Å². The lowest BCUT2D eigenvalue weighted by Gasteiger charge is -2.36. The van der Waals surface area contributed by atoms with Gasteiger partial charge >= 0.3 is 0 Å². The van der Waals surface area contributed by atoms with Gasteiger partial charge in [0.2, 0.25) is 0 Å². The third-order valence-electron chi connectivity index (χ3n) is 3.81. The van der Waals surface area contributed by atoms with Crippen molar-refractivity contribution in [2.45, 2.75) is 38.6 Å². The van der Waals surface area contributed by atoms with Gasteiger partial charge in [-0.05, 0) is 25.3 Å². The molecule has 3 heteroatoms. The first kappa shape index (κ1) is 11.1. The molecule has 0 amide bonds. The first-order valence-corrected chi connectivity index (χ1v) is 6.15. The number of rotatable bonds is 2. The average Bonchev–Trinajstić information content (AvgIpc) is 2.30. The number of piperidine rings is 1. The number of carbonyl (C=O) groups is 1. The number of ketones is 1. The minimum Gasteiger partial charge on any atom is -0.380 e. The van der Waals surface area contributed by atoms with E-state index in [0.29, 0.717) is 31.5 Å². The molecule has 3 atom stereocenters. The van der Waals surface area contributed by atoms with Crippen LogP contribution in [0.1, 0.15) is 32.6 Å². The van der Waals surface area contributed by atoms with Crippen LogP contribution in [0.2, 0.25) is 0 Å². The Morgan fingerprint density at radius 1 is 1.53 bits per heavy atom. The van der Waals surface area contributed by atoms with E-state index >= 15 is 0 Å². The quantitative estimate of drug-likeness (QED) is 0.749. The summed E-state index contributed by atoms with van der Waals surface area (Å²) in [6, 6.07) is 0.372. The SMILES string of the molecule is CCC1CCNC(C2COCCC2=O)C1. The second-order valence-corrected chi connectivity index (χ2v) is 4.76. The molecule has 0 saturated carbocycles. The van der Waals surface area contributed by atoms with E-state index in [2.05, 4.69) is 12.2 Å². The third kappa shape index (κ3) is 2.58. The average molecular weight is 211 g/mol. The highest BCUT2D eigenvalue weighted by molar-refractivity contribution is 5.82. The second-order valence-electron chi connectivity index (χ2n) is 4.76. The lowest BCUT2D eigenvalue weighted by Crippen LogP contribution is -2.48. The van der Waals surface area contributed by atoms with Gasteiger partial charge in [-0.3, -0.25) is 4.79 Å². The van der Waals surface area contributed by atoms with Crippen LogP contribution >= 0.6 is 0 Å². The fourth-order valence-electron chi connectivity index (χ4n) is 2.71. The van der Waals surface area contributed by atoms with Gasteiger partial charge in [0.25, 0.3) is 0 Å². The van der Waals surface area contributed by atoms with Crippen molar-refractivity contribution in [3.8, 4) is 0 Å². The normalized spacial score (nSPS) is 37.9. The minimum atomic E-state index is 0.119. The van der Waals surface area contributed by atoms with Crippen LogP contribution in [0.5, 0.6) is 0 Å². The predicted octanol–water partition coefficient (Wildman–Crippen LogP) is 1.37. The molecule has 2 aliphatic rings. The number of hydrogen-bond acceptors (Lipinski definition) is 3. The molecule has 0 aliphatic carbocycles. The number of hydrogen-bond donors (Lipinski definition) is 1. The number of Topliss-reactive ketones (excluding diaryl/α,β-unsaturated/α-hetero) is 1. The van der Waals surface area contributed by atoms with Crippen molar-refractivity contribution in [1.82, 2.24) is 5.32 Å². The molecule has 2 aliphatic heterocycles. The Labute approximate surface area is 91.6 Å². The van der Waals surface area contributed by atoms with E-state index in [1.54, 1.807) is 0 Å². The van der Waals surface area contributed by atoms with Crippen molar-refractivity contribution in [3.05, 3.63) is 0 Å². The van der Waals surface area contributed by atoms with Gasteiger partial charge in [-0.2, -0.15) is 0 Å². The van der Waals surface area contributed by atoms with Crippen molar-refractivity contribution in [2.75, 3.05) is 19.8 Å². The molecule has 0 aromatic heterocycles. The van der Waals surface area contributed by atoms with Crippen molar-refractivity contribution >= 4 is 5.78 Å². The predicted molar refractivity (Wildman–Crippen MR) is 58.7 cm³/mol. The Morgan fingerprint density at radius 3 is 3.13 bits per heavy atom. The molecule has 2 heterocycles. The van der Waals surface area contributed by atoms with Crippen LogP contribution in [0.4, 0.5) is 0 Å². The van der Waals surface area contributed by atoms with Crippen molar-refractivity contribution in [1.29, 1.82) is 0 Å². The van der Waals surface area contributed by atoms with E-state index in [0.717, 1.165) is 18.9 Å². The molecule has 1 N–H and O–H groups in total. The molecule has 0 spiro atoms. The standard InChI is InChI=1S/C12H21NO2/c1-2-9-3-5-13-11(7-9)10-8-15-6-4-12(10)14/h9-11,13H,2-8H2,1H3. The summed E-state index contributed by atoms with van der Waals surface area (Å²) >= 11 is 0. The zero-order valence-electron chi connectivity index (χ0n) is 9.50. The fraction of sp³-hybridized carbons (Fsp3) is 0.917. The van der Waals surface area contributed by atoms with Gasteiger partial charge in [0.05, 0.1) is 19.1 Å². The fourth-order valence-corrected chi connectivity index (χ4v) is 2.71. The molecule has 0 aromatic rings. The van der Waals surface area contributed by atoms with E-state index < -0.39 is 0 Å². The maximum Gasteiger partial charge on any atom is 0.142 e. The van der Waals surface area contributed by atoms with Crippen LogP contribution in [0.15, 0.2) is 0 Å². The Balaban J connectivity index is 1.93. The highest BCUT2D eigenvalue weighted by Crippen LogP contribution is 2.26. The maximum atomic E-state index is 11.8. The highest BCUT2D eigenvalue weighted by Gasteiger charge is 2.33. The molecule has 2 fully saturated rings. The molecule has 0 aromatic carbocycles. The van der Waals surface area contributed by atoms with Gasteiger partial charge in [-0.15, -0.1) is 0 Å². The van der Waals surface area contributed by atoms with Gasteiger partial charge < -0.3 is 10.1 Å². The molecule has 2 rings (SSSR count). The molecule has 15 heavy (non-hydrogen) atoms. The molecule has 3 unspecified atom stereocenters. The van der Waals surface area contributed by atoms with Crippen LogP contribution in [-0.2, 0) is 9.53 Å². The maximum absolute atomic E-state index is 11.8. The minimum absolute atomic E-state index is 0.119. The third-order valence-corrected chi connectivity index (χ3v) is 3.81. The summed E-state index contributed by atoms with van der Waals surface area (Å²) in [6.45, 7) is 4.56. The summed E-state index contributed by atoms with van der Waals surface area (Å²) in [4.78, 5) is 11.8. The summed E-state index contributed by atoms with van der Waals surface area (Å²) in [7, 11) is 0. The van der Waals surface area contributed by atoms with E-state index in [9.17, 15) is 4.79 Å². The largest absolute Gasteiger partial charge is 0.380 e. The smallest absolute Gasteiger partial charge is 0.142 e. The zero-order chi connectivity index (χ0) is 10.7. The monoisotopic (exact) mass is 211 g/mol. The van der Waals surface area contributed by atoms with E-state index in [-0.39, 0.29) is 5.92 Å². The van der Waals surface area contributed by atoms with Gasteiger partial charge in [0, 0.05) is 12.5 Å². The second kappa shape index (κ2) is 5.08. The summed E-state index contributed by atoms with van der Waals surface area (Å²) in [5, 5.41) is 3.48. The van der Waals surface area contributed by atoms with E-state index in [1.165, 1.54) is 12.8 Å². The topological polar surface area (TPSA) is 38.3 Å². The number of ether oxygens (including phenoxy) is 1. The Morgan fingerprint density at radius 2 is 2.40 bits per heavy atom. The summed E-state index contributed by atoms with van der Waals surface area (Å²) in [5.41, 5.74) is 0. The molecule has 3 nitrogen and oxygen atoms in total. The van der Waals surface area contributed by atoms with Crippen molar-refractivity contribution < 1.29 is 9.53 Å². The highest BCUT2D eigenvalue weighted by atomic mass is 16.5. The van der Waals surface area contributed by atoms with Crippen LogP contribution in [-0.4, -0.2) is 31.6 Å². The molecule has 0 bridgehead atoms. The number of carbonyl (C=O) groups excluding carboxylic acids is 1. The van der Waals surface area contributed by atoms with Crippen LogP contribution in [0.25, 0.3) is 0 Å². The number of nitrogens with one attached hydrogen (secondary N) is 1. The first-order valence-electron chi connectivity index (χ1n) is 6.15. The van der Waals surface area contributed by atoms with Crippen LogP contribution < -0.4 is 5.32 Å². The Kier molecular flexibility index (Phi) is 3.76. The van der Waals surface area contributed by atoms with Crippen LogP contribution in [0, 0.1) is 11.8 Å². The van der Waals surface area contributed by atoms with Gasteiger partial charge in [0.15, 0.2) is 0 Å². The van der Waals surface area contributed by atoms with Gasteiger partial charge in [-0.1, -0.05) is 13.3 Å². The van der Waals surface area contributed by atoms with E-state index in [4.69, 9.17) is 4.74 Å². The lowest BCUT2D eigenvalue weighted by atomic mass is 9.81. The molecule has 86 valence electrons.